The molecule has 0 radical (unpaired) electrons. The number of hydrogen-bond acceptors (Lipinski definition) is 3. The van der Waals surface area contributed by atoms with Gasteiger partial charge in [-0.15, -0.1) is 0 Å². The van der Waals surface area contributed by atoms with E-state index in [1.807, 2.05) is 17.0 Å². The van der Waals surface area contributed by atoms with Gasteiger partial charge in [0.25, 0.3) is 0 Å². The van der Waals surface area contributed by atoms with E-state index >= 15 is 0 Å². The number of nitrogens with zero attached hydrogens (tertiary/aromatic N) is 2. The summed E-state index contributed by atoms with van der Waals surface area (Å²) in [6.07, 6.45) is 1.98. The van der Waals surface area contributed by atoms with Crippen LogP contribution in [0.5, 0.6) is 0 Å². The molecule has 1 aromatic heterocycles. The lowest BCUT2D eigenvalue weighted by atomic mass is 10.2. The lowest BCUT2D eigenvalue weighted by Gasteiger charge is -2.24. The predicted molar refractivity (Wildman–Crippen MR) is 85.2 cm³/mol. The molecule has 2 rings (SSSR count). The van der Waals surface area contributed by atoms with E-state index in [4.69, 9.17) is 21.9 Å². The van der Waals surface area contributed by atoms with E-state index < -0.39 is 0 Å². The molecule has 114 valence electrons. The number of rotatable bonds is 6. The fourth-order valence-corrected chi connectivity index (χ4v) is 2.15. The third kappa shape index (κ3) is 4.86. The van der Waals surface area contributed by atoms with Crippen molar-refractivity contribution in [2.45, 2.75) is 19.5 Å². The van der Waals surface area contributed by atoms with E-state index in [2.05, 4.69) is 11.4 Å². The van der Waals surface area contributed by atoms with Crippen LogP contribution in [0.3, 0.4) is 0 Å². The molecule has 6 heteroatoms. The smallest absolute Gasteiger partial charge is 0.169 e. The first kappa shape index (κ1) is 16.0. The Hall–Kier alpha value is -2.39. The van der Waals surface area contributed by atoms with E-state index in [1.165, 1.54) is 12.1 Å². The average Bonchev–Trinajstić information content (AvgIpc) is 3.03. The van der Waals surface area contributed by atoms with Crippen molar-refractivity contribution < 1.29 is 8.81 Å². The van der Waals surface area contributed by atoms with Crippen LogP contribution in [0.2, 0.25) is 0 Å². The molecule has 4 nitrogen and oxygen atoms in total. The second kappa shape index (κ2) is 8.15. The summed E-state index contributed by atoms with van der Waals surface area (Å²) in [5.41, 5.74) is 0.932. The van der Waals surface area contributed by atoms with Crippen molar-refractivity contribution in [1.82, 2.24) is 10.2 Å². The van der Waals surface area contributed by atoms with Crippen LogP contribution in [0.25, 0.3) is 0 Å². The highest BCUT2D eigenvalue weighted by Crippen LogP contribution is 2.08. The Morgan fingerprint density at radius 2 is 2.09 bits per heavy atom. The molecule has 0 saturated carbocycles. The van der Waals surface area contributed by atoms with Gasteiger partial charge in [-0.25, -0.2) is 4.39 Å². The quantitative estimate of drug-likeness (QED) is 0.829. The largest absolute Gasteiger partial charge is 0.467 e. The molecule has 0 aliphatic heterocycles. The first-order valence-electron chi connectivity index (χ1n) is 6.85. The zero-order valence-corrected chi connectivity index (χ0v) is 12.8. The minimum absolute atomic E-state index is 0.264. The van der Waals surface area contributed by atoms with Gasteiger partial charge in [-0.2, -0.15) is 5.26 Å². The molecule has 2 aromatic rings. The molecule has 0 spiro atoms. The highest BCUT2D eigenvalue weighted by atomic mass is 32.1. The Kier molecular flexibility index (Phi) is 5.92. The molecule has 0 amide bonds. The summed E-state index contributed by atoms with van der Waals surface area (Å²) < 4.78 is 18.2. The molecular formula is C16H16FN3OS. The molecule has 1 N–H and O–H groups in total. The van der Waals surface area contributed by atoms with E-state index in [-0.39, 0.29) is 5.82 Å². The molecule has 0 aliphatic carbocycles. The molecule has 0 atom stereocenters. The number of nitrogens with one attached hydrogen (secondary N) is 1. The van der Waals surface area contributed by atoms with Crippen LogP contribution < -0.4 is 5.32 Å². The van der Waals surface area contributed by atoms with Gasteiger partial charge in [0.2, 0.25) is 0 Å². The number of benzene rings is 1. The first-order chi connectivity index (χ1) is 10.7. The fraction of sp³-hybridized carbons (Fsp3) is 0.250. The zero-order chi connectivity index (χ0) is 15.8. The molecule has 22 heavy (non-hydrogen) atoms. The Labute approximate surface area is 134 Å². The average molecular weight is 317 g/mol. The van der Waals surface area contributed by atoms with Crippen molar-refractivity contribution in [3.63, 3.8) is 0 Å². The number of furan rings is 1. The SMILES string of the molecule is N#CCCN(Cc1ccco1)C(=S)NCc1ccc(F)cc1. The Bertz CT molecular complexity index is 634. The van der Waals surface area contributed by atoms with E-state index in [0.29, 0.717) is 31.2 Å². The molecule has 0 aliphatic rings. The summed E-state index contributed by atoms with van der Waals surface area (Å²) in [5, 5.41) is 12.4. The van der Waals surface area contributed by atoms with Crippen LogP contribution in [0, 0.1) is 17.1 Å². The van der Waals surface area contributed by atoms with Gasteiger partial charge in [-0.3, -0.25) is 0 Å². The van der Waals surface area contributed by atoms with Crippen LogP contribution in [0.4, 0.5) is 4.39 Å². The van der Waals surface area contributed by atoms with Crippen molar-refractivity contribution in [2.24, 2.45) is 0 Å². The fourth-order valence-electron chi connectivity index (χ4n) is 1.92. The molecule has 0 bridgehead atoms. The highest BCUT2D eigenvalue weighted by molar-refractivity contribution is 7.80. The van der Waals surface area contributed by atoms with Gasteiger partial charge in [-0.1, -0.05) is 12.1 Å². The maximum absolute atomic E-state index is 12.9. The maximum atomic E-state index is 12.9. The van der Waals surface area contributed by atoms with Crippen LogP contribution in [-0.4, -0.2) is 16.6 Å². The van der Waals surface area contributed by atoms with E-state index in [1.54, 1.807) is 18.4 Å². The molecular weight excluding hydrogens is 301 g/mol. The molecule has 1 heterocycles. The summed E-state index contributed by atoms with van der Waals surface area (Å²) in [6, 6.07) is 12.0. The summed E-state index contributed by atoms with van der Waals surface area (Å²) >= 11 is 5.38. The highest BCUT2D eigenvalue weighted by Gasteiger charge is 2.11. The Morgan fingerprint density at radius 3 is 2.73 bits per heavy atom. The number of thiocarbonyl (C=S) groups is 1. The predicted octanol–water partition coefficient (Wildman–Crippen LogP) is 3.21. The van der Waals surface area contributed by atoms with Crippen molar-refractivity contribution in [2.75, 3.05) is 6.54 Å². The van der Waals surface area contributed by atoms with E-state index in [0.717, 1.165) is 11.3 Å². The number of halogens is 1. The van der Waals surface area contributed by atoms with Gasteiger partial charge in [0.15, 0.2) is 5.11 Å². The van der Waals surface area contributed by atoms with Gasteiger partial charge >= 0.3 is 0 Å². The zero-order valence-electron chi connectivity index (χ0n) is 12.0. The molecule has 0 unspecified atom stereocenters. The van der Waals surface area contributed by atoms with Gasteiger partial charge < -0.3 is 14.6 Å². The van der Waals surface area contributed by atoms with Crippen LogP contribution in [0.1, 0.15) is 17.7 Å². The Morgan fingerprint density at radius 1 is 1.32 bits per heavy atom. The van der Waals surface area contributed by atoms with Crippen LogP contribution >= 0.6 is 12.2 Å². The Balaban J connectivity index is 1.92. The lowest BCUT2D eigenvalue weighted by Crippen LogP contribution is -2.39. The lowest BCUT2D eigenvalue weighted by molar-refractivity contribution is 0.362. The van der Waals surface area contributed by atoms with Crippen molar-refractivity contribution in [1.29, 1.82) is 5.26 Å². The van der Waals surface area contributed by atoms with Gasteiger partial charge in [-0.05, 0) is 42.0 Å². The van der Waals surface area contributed by atoms with Gasteiger partial charge in [0.05, 0.1) is 25.3 Å². The second-order valence-electron chi connectivity index (χ2n) is 4.69. The summed E-state index contributed by atoms with van der Waals surface area (Å²) in [7, 11) is 0. The minimum Gasteiger partial charge on any atom is -0.467 e. The number of hydrogen-bond donors (Lipinski definition) is 1. The summed E-state index contributed by atoms with van der Waals surface area (Å²) in [4.78, 5) is 1.88. The second-order valence-corrected chi connectivity index (χ2v) is 5.08. The normalized spacial score (nSPS) is 10.0. The third-order valence-corrected chi connectivity index (χ3v) is 3.47. The first-order valence-corrected chi connectivity index (χ1v) is 7.26. The molecule has 0 fully saturated rings. The summed E-state index contributed by atoms with van der Waals surface area (Å²) in [5.74, 6) is 0.517. The van der Waals surface area contributed by atoms with Crippen molar-refractivity contribution in [3.05, 3.63) is 59.8 Å². The minimum atomic E-state index is -0.264. The molecule has 0 saturated heterocycles. The monoisotopic (exact) mass is 317 g/mol. The standard InChI is InChI=1S/C16H16FN3OS/c17-14-6-4-13(5-7-14)11-19-16(22)20(9-2-8-18)12-15-3-1-10-21-15/h1,3-7,10H,2,9,11-12H2,(H,19,22). The topological polar surface area (TPSA) is 52.2 Å². The van der Waals surface area contributed by atoms with Gasteiger partial charge in [0, 0.05) is 13.1 Å². The van der Waals surface area contributed by atoms with Gasteiger partial charge in [0.1, 0.15) is 11.6 Å². The van der Waals surface area contributed by atoms with Crippen LogP contribution in [-0.2, 0) is 13.1 Å². The van der Waals surface area contributed by atoms with Crippen molar-refractivity contribution in [3.8, 4) is 6.07 Å². The van der Waals surface area contributed by atoms with Crippen LogP contribution in [0.15, 0.2) is 47.1 Å². The third-order valence-electron chi connectivity index (χ3n) is 3.06. The van der Waals surface area contributed by atoms with Crippen molar-refractivity contribution >= 4 is 17.3 Å². The summed E-state index contributed by atoms with van der Waals surface area (Å²) in [6.45, 7) is 1.52. The molecule has 1 aromatic carbocycles. The van der Waals surface area contributed by atoms with E-state index in [9.17, 15) is 4.39 Å². The maximum Gasteiger partial charge on any atom is 0.169 e. The number of nitriles is 1.